The molecule has 1 saturated heterocycles. The van der Waals surface area contributed by atoms with Gasteiger partial charge in [0.25, 0.3) is 0 Å². The molecule has 2 aromatic carbocycles. The normalized spacial score (nSPS) is 19.7. The number of likely N-dealkylation sites (tertiary alicyclic amines) is 1. The number of nitrogens with zero attached hydrogens (tertiary/aromatic N) is 2. The molecule has 0 spiro atoms. The molecule has 4 rings (SSSR count). The minimum absolute atomic E-state index is 0.0209. The predicted octanol–water partition coefficient (Wildman–Crippen LogP) is 2.97. The summed E-state index contributed by atoms with van der Waals surface area (Å²) < 4.78 is 6.04. The number of benzene rings is 2. The Morgan fingerprint density at radius 3 is 2.68 bits per heavy atom. The number of hydrogen-bond acceptors (Lipinski definition) is 5. The average Bonchev–Trinajstić information content (AvgIpc) is 3.07. The van der Waals surface area contributed by atoms with Gasteiger partial charge in [0.2, 0.25) is 5.91 Å². The van der Waals surface area contributed by atoms with Gasteiger partial charge < -0.3 is 19.8 Å². The second kappa shape index (κ2) is 8.65. The fourth-order valence-corrected chi connectivity index (χ4v) is 4.26. The zero-order valence-corrected chi connectivity index (χ0v) is 17.9. The van der Waals surface area contributed by atoms with Crippen LogP contribution < -0.4 is 4.74 Å². The Morgan fingerprint density at radius 1 is 1.19 bits per heavy atom. The maximum absolute atomic E-state index is 12.9. The Balaban J connectivity index is 1.46. The van der Waals surface area contributed by atoms with Gasteiger partial charge in [-0.3, -0.25) is 9.78 Å². The first kappa shape index (κ1) is 21.3. The number of carbonyl (C=O) groups excluding carboxylic acids is 1. The number of para-hydroxylation sites is 1. The number of aliphatic hydroxyl groups excluding tert-OH is 2. The number of rotatable bonds is 7. The molecule has 0 radical (unpaired) electrons. The van der Waals surface area contributed by atoms with Gasteiger partial charge in [-0.25, -0.2) is 0 Å². The molecule has 6 heteroatoms. The number of amides is 1. The van der Waals surface area contributed by atoms with E-state index in [-0.39, 0.29) is 19.1 Å². The first-order valence-electron chi connectivity index (χ1n) is 10.6. The topological polar surface area (TPSA) is 82.9 Å². The second-order valence-corrected chi connectivity index (χ2v) is 8.42. The van der Waals surface area contributed by atoms with Crippen molar-refractivity contribution < 1.29 is 19.7 Å². The van der Waals surface area contributed by atoms with Crippen molar-refractivity contribution in [2.75, 3.05) is 19.7 Å². The number of hydrogen-bond donors (Lipinski definition) is 2. The SMILES string of the molecule is Cc1cc(COc2ccc(C3(C)CCN(CC(O)CO)C3=O)cc2)c2ccccc2n1. The maximum atomic E-state index is 12.9. The first-order valence-corrected chi connectivity index (χ1v) is 10.6. The summed E-state index contributed by atoms with van der Waals surface area (Å²) in [6, 6.07) is 17.8. The molecule has 3 aromatic rings. The summed E-state index contributed by atoms with van der Waals surface area (Å²) in [6.45, 7) is 4.73. The van der Waals surface area contributed by atoms with E-state index in [0.29, 0.717) is 19.6 Å². The molecule has 162 valence electrons. The molecule has 6 nitrogen and oxygen atoms in total. The molecule has 1 fully saturated rings. The lowest BCUT2D eigenvalue weighted by Gasteiger charge is -2.25. The Bertz CT molecular complexity index is 1080. The van der Waals surface area contributed by atoms with Gasteiger partial charge in [0.05, 0.1) is 23.6 Å². The number of carbonyl (C=O) groups is 1. The van der Waals surface area contributed by atoms with Gasteiger partial charge in [0, 0.05) is 29.7 Å². The molecular weight excluding hydrogens is 392 g/mol. The summed E-state index contributed by atoms with van der Waals surface area (Å²) in [4.78, 5) is 19.1. The van der Waals surface area contributed by atoms with E-state index in [1.54, 1.807) is 4.90 Å². The zero-order chi connectivity index (χ0) is 22.0. The number of β-amino-alcohol motifs (C(OH)–C–C–N with tert-alkyl or cyclic N) is 1. The van der Waals surface area contributed by atoms with Crippen molar-refractivity contribution in [3.05, 3.63) is 71.4 Å². The fraction of sp³-hybridized carbons (Fsp3) is 0.360. The number of ether oxygens (including phenoxy) is 1. The van der Waals surface area contributed by atoms with E-state index in [9.17, 15) is 9.90 Å². The van der Waals surface area contributed by atoms with Crippen LogP contribution in [-0.4, -0.2) is 51.8 Å². The van der Waals surface area contributed by atoms with Gasteiger partial charge in [0.1, 0.15) is 12.4 Å². The van der Waals surface area contributed by atoms with Crippen LogP contribution in [0.5, 0.6) is 5.75 Å². The van der Waals surface area contributed by atoms with Gasteiger partial charge in [-0.2, -0.15) is 0 Å². The molecule has 31 heavy (non-hydrogen) atoms. The van der Waals surface area contributed by atoms with Crippen LogP contribution in [0.15, 0.2) is 54.6 Å². The zero-order valence-electron chi connectivity index (χ0n) is 17.9. The third kappa shape index (κ3) is 4.27. The van der Waals surface area contributed by atoms with E-state index in [1.165, 1.54) is 0 Å². The highest BCUT2D eigenvalue weighted by atomic mass is 16.5. The molecule has 0 aliphatic carbocycles. The highest BCUT2D eigenvalue weighted by molar-refractivity contribution is 5.90. The van der Waals surface area contributed by atoms with Crippen LogP contribution >= 0.6 is 0 Å². The third-order valence-electron chi connectivity index (χ3n) is 6.10. The summed E-state index contributed by atoms with van der Waals surface area (Å²) in [5.41, 5.74) is 3.29. The largest absolute Gasteiger partial charge is 0.489 e. The standard InChI is InChI=1S/C25H28N2O4/c1-17-13-18(22-5-3-4-6-23(22)26-17)16-31-21-9-7-19(8-10-21)25(2)11-12-27(24(25)30)14-20(29)15-28/h3-10,13,20,28-29H,11-12,14-16H2,1-2H3. The molecular formula is C25H28N2O4. The van der Waals surface area contributed by atoms with Gasteiger partial charge in [-0.05, 0) is 50.1 Å². The van der Waals surface area contributed by atoms with E-state index in [4.69, 9.17) is 9.84 Å². The van der Waals surface area contributed by atoms with Gasteiger partial charge >= 0.3 is 0 Å². The van der Waals surface area contributed by atoms with E-state index in [2.05, 4.69) is 11.1 Å². The predicted molar refractivity (Wildman–Crippen MR) is 119 cm³/mol. The highest BCUT2D eigenvalue weighted by Gasteiger charge is 2.44. The van der Waals surface area contributed by atoms with Crippen molar-refractivity contribution in [1.29, 1.82) is 0 Å². The van der Waals surface area contributed by atoms with Crippen molar-refractivity contribution in [3.8, 4) is 5.75 Å². The molecule has 2 atom stereocenters. The maximum Gasteiger partial charge on any atom is 0.233 e. The number of aromatic nitrogens is 1. The molecule has 2 heterocycles. The van der Waals surface area contributed by atoms with E-state index in [1.807, 2.05) is 62.4 Å². The monoisotopic (exact) mass is 420 g/mol. The highest BCUT2D eigenvalue weighted by Crippen LogP contribution is 2.36. The Hall–Kier alpha value is -2.96. The lowest BCUT2D eigenvalue weighted by Crippen LogP contribution is -2.40. The van der Waals surface area contributed by atoms with Crippen LogP contribution in [0.25, 0.3) is 10.9 Å². The van der Waals surface area contributed by atoms with Crippen LogP contribution in [-0.2, 0) is 16.8 Å². The first-order chi connectivity index (χ1) is 14.9. The van der Waals surface area contributed by atoms with Crippen molar-refractivity contribution in [2.45, 2.75) is 38.4 Å². The van der Waals surface area contributed by atoms with E-state index < -0.39 is 11.5 Å². The van der Waals surface area contributed by atoms with Crippen LogP contribution in [0.3, 0.4) is 0 Å². The molecule has 2 unspecified atom stereocenters. The number of aryl methyl sites for hydroxylation is 1. The summed E-state index contributed by atoms with van der Waals surface area (Å²) in [5.74, 6) is 0.719. The molecule has 0 bridgehead atoms. The van der Waals surface area contributed by atoms with E-state index in [0.717, 1.165) is 33.5 Å². The number of pyridine rings is 1. The van der Waals surface area contributed by atoms with Crippen molar-refractivity contribution in [3.63, 3.8) is 0 Å². The molecule has 1 aliphatic heterocycles. The van der Waals surface area contributed by atoms with Crippen LogP contribution in [0.2, 0.25) is 0 Å². The van der Waals surface area contributed by atoms with Crippen LogP contribution in [0.1, 0.15) is 30.2 Å². The van der Waals surface area contributed by atoms with Gasteiger partial charge in [-0.1, -0.05) is 30.3 Å². The summed E-state index contributed by atoms with van der Waals surface area (Å²) >= 11 is 0. The smallest absolute Gasteiger partial charge is 0.233 e. The quantitative estimate of drug-likeness (QED) is 0.614. The Kier molecular flexibility index (Phi) is 5.94. The van der Waals surface area contributed by atoms with Gasteiger partial charge in [0.15, 0.2) is 0 Å². The van der Waals surface area contributed by atoms with Crippen molar-refractivity contribution >= 4 is 16.8 Å². The summed E-state index contributed by atoms with van der Waals surface area (Å²) in [6.07, 6.45) is -0.234. The third-order valence-corrected chi connectivity index (χ3v) is 6.10. The van der Waals surface area contributed by atoms with Crippen molar-refractivity contribution in [1.82, 2.24) is 9.88 Å². The number of fused-ring (bicyclic) bond motifs is 1. The fourth-order valence-electron chi connectivity index (χ4n) is 4.26. The molecule has 2 N–H and O–H groups in total. The van der Waals surface area contributed by atoms with E-state index >= 15 is 0 Å². The summed E-state index contributed by atoms with van der Waals surface area (Å²) in [5, 5.41) is 19.8. The van der Waals surface area contributed by atoms with Crippen molar-refractivity contribution in [2.24, 2.45) is 0 Å². The molecule has 0 saturated carbocycles. The Labute approximate surface area is 182 Å². The minimum atomic E-state index is -0.907. The lowest BCUT2D eigenvalue weighted by molar-refractivity contribution is -0.133. The summed E-state index contributed by atoms with van der Waals surface area (Å²) in [7, 11) is 0. The second-order valence-electron chi connectivity index (χ2n) is 8.42. The minimum Gasteiger partial charge on any atom is -0.489 e. The average molecular weight is 421 g/mol. The lowest BCUT2D eigenvalue weighted by atomic mass is 9.81. The molecule has 1 amide bonds. The molecule has 1 aromatic heterocycles. The number of aliphatic hydroxyl groups is 2. The molecule has 1 aliphatic rings. The Morgan fingerprint density at radius 2 is 1.94 bits per heavy atom. The van der Waals surface area contributed by atoms with Gasteiger partial charge in [-0.15, -0.1) is 0 Å². The van der Waals surface area contributed by atoms with Crippen LogP contribution in [0.4, 0.5) is 0 Å². The van der Waals surface area contributed by atoms with Crippen LogP contribution in [0, 0.1) is 6.92 Å².